The van der Waals surface area contributed by atoms with Crippen molar-refractivity contribution in [2.75, 3.05) is 20.1 Å². The van der Waals surface area contributed by atoms with Crippen LogP contribution in [-0.2, 0) is 0 Å². The summed E-state index contributed by atoms with van der Waals surface area (Å²) in [4.78, 5) is 3.34. The minimum absolute atomic E-state index is 0.247. The van der Waals surface area contributed by atoms with Crippen molar-refractivity contribution in [3.05, 3.63) is 66.7 Å². The predicted molar refractivity (Wildman–Crippen MR) is 118 cm³/mol. The van der Waals surface area contributed by atoms with E-state index in [0.29, 0.717) is 0 Å². The number of nitrogens with zero attached hydrogens (tertiary/aromatic N) is 1. The summed E-state index contributed by atoms with van der Waals surface area (Å²) in [6.07, 6.45) is 0.267. The summed E-state index contributed by atoms with van der Waals surface area (Å²) >= 11 is 1.64. The van der Waals surface area contributed by atoms with Crippen LogP contribution >= 0.6 is 11.3 Å². The van der Waals surface area contributed by atoms with Crippen molar-refractivity contribution < 1.29 is 14.9 Å². The standard InChI is InChI=1S/C24H21NO3S/c1-25-13-20(14-25)28-19-9-4-15(5-10-19)23-21-11-8-18(27)12-22(21)29-24(23)16-2-6-17(26)7-3-16/h2-12,20,26-27H,13-14H2,1H3. The number of phenolic OH excluding ortho intramolecular Hbond substituents is 2. The lowest BCUT2D eigenvalue weighted by molar-refractivity contribution is 0.0388. The Kier molecular flexibility index (Phi) is 4.42. The molecule has 1 aliphatic heterocycles. The molecule has 0 amide bonds. The topological polar surface area (TPSA) is 52.9 Å². The zero-order chi connectivity index (χ0) is 20.0. The van der Waals surface area contributed by atoms with Gasteiger partial charge in [-0.05, 0) is 72.8 Å². The maximum absolute atomic E-state index is 9.93. The zero-order valence-electron chi connectivity index (χ0n) is 16.0. The minimum Gasteiger partial charge on any atom is -0.508 e. The van der Waals surface area contributed by atoms with Gasteiger partial charge in [-0.1, -0.05) is 12.1 Å². The molecule has 0 atom stereocenters. The van der Waals surface area contributed by atoms with Gasteiger partial charge in [0.1, 0.15) is 23.4 Å². The minimum atomic E-state index is 0.247. The van der Waals surface area contributed by atoms with E-state index >= 15 is 0 Å². The summed E-state index contributed by atoms with van der Waals surface area (Å²) in [6.45, 7) is 1.93. The highest BCUT2D eigenvalue weighted by molar-refractivity contribution is 7.23. The van der Waals surface area contributed by atoms with Crippen LogP contribution in [0.4, 0.5) is 0 Å². The molecule has 4 nitrogen and oxygen atoms in total. The molecule has 1 fully saturated rings. The number of likely N-dealkylation sites (tertiary alicyclic amines) is 1. The van der Waals surface area contributed by atoms with Crippen molar-refractivity contribution in [3.8, 4) is 38.8 Å². The van der Waals surface area contributed by atoms with E-state index in [1.165, 1.54) is 0 Å². The molecule has 0 unspecified atom stereocenters. The molecule has 1 aromatic heterocycles. The lowest BCUT2D eigenvalue weighted by atomic mass is 9.98. The molecule has 0 radical (unpaired) electrons. The Morgan fingerprint density at radius 1 is 0.862 bits per heavy atom. The number of hydrogen-bond donors (Lipinski definition) is 2. The molecule has 0 aliphatic carbocycles. The van der Waals surface area contributed by atoms with Crippen LogP contribution in [0.2, 0.25) is 0 Å². The van der Waals surface area contributed by atoms with Crippen LogP contribution in [0.15, 0.2) is 66.7 Å². The summed E-state index contributed by atoms with van der Waals surface area (Å²) < 4.78 is 7.05. The van der Waals surface area contributed by atoms with Crippen molar-refractivity contribution >= 4 is 21.4 Å². The maximum Gasteiger partial charge on any atom is 0.124 e. The van der Waals surface area contributed by atoms with Crippen LogP contribution in [0.25, 0.3) is 31.7 Å². The van der Waals surface area contributed by atoms with Crippen LogP contribution in [0.5, 0.6) is 17.2 Å². The highest BCUT2D eigenvalue weighted by Gasteiger charge is 2.25. The molecule has 0 saturated carbocycles. The van der Waals surface area contributed by atoms with E-state index in [4.69, 9.17) is 4.74 Å². The molecule has 3 aromatic carbocycles. The van der Waals surface area contributed by atoms with Crippen LogP contribution in [0, 0.1) is 0 Å². The van der Waals surface area contributed by atoms with Gasteiger partial charge in [-0.25, -0.2) is 0 Å². The van der Waals surface area contributed by atoms with Gasteiger partial charge in [-0.2, -0.15) is 0 Å². The van der Waals surface area contributed by atoms with Gasteiger partial charge in [0.05, 0.1) is 0 Å². The molecule has 0 bridgehead atoms. The molecule has 0 spiro atoms. The second-order valence-corrected chi connectivity index (χ2v) is 8.57. The van der Waals surface area contributed by atoms with E-state index in [9.17, 15) is 10.2 Å². The Bertz CT molecular complexity index is 1160. The molecule has 2 heterocycles. The number of benzene rings is 3. The van der Waals surface area contributed by atoms with Gasteiger partial charge in [-0.15, -0.1) is 11.3 Å². The van der Waals surface area contributed by atoms with Crippen LogP contribution < -0.4 is 4.74 Å². The average molecular weight is 404 g/mol. The number of phenols is 2. The van der Waals surface area contributed by atoms with E-state index < -0.39 is 0 Å². The molecular weight excluding hydrogens is 382 g/mol. The molecule has 2 N–H and O–H groups in total. The first kappa shape index (κ1) is 18.0. The molecule has 5 heteroatoms. The Balaban J connectivity index is 1.57. The highest BCUT2D eigenvalue weighted by Crippen LogP contribution is 2.46. The molecule has 146 valence electrons. The van der Waals surface area contributed by atoms with E-state index in [2.05, 4.69) is 24.1 Å². The molecular formula is C24H21NO3S. The van der Waals surface area contributed by atoms with Gasteiger partial charge in [0.2, 0.25) is 0 Å². The zero-order valence-corrected chi connectivity index (χ0v) is 16.8. The number of hydrogen-bond acceptors (Lipinski definition) is 5. The summed E-state index contributed by atoms with van der Waals surface area (Å²) in [5.74, 6) is 1.39. The number of likely N-dealkylation sites (N-methyl/N-ethyl adjacent to an activating group) is 1. The van der Waals surface area contributed by atoms with E-state index in [-0.39, 0.29) is 17.6 Å². The Morgan fingerprint density at radius 3 is 2.21 bits per heavy atom. The number of ether oxygens (including phenoxy) is 1. The third kappa shape index (κ3) is 3.43. The van der Waals surface area contributed by atoms with Crippen LogP contribution in [-0.4, -0.2) is 41.4 Å². The summed E-state index contributed by atoms with van der Waals surface area (Å²) in [5, 5.41) is 20.7. The second kappa shape index (κ2) is 7.10. The van der Waals surface area contributed by atoms with Gasteiger partial charge in [0.15, 0.2) is 0 Å². The molecule has 1 saturated heterocycles. The smallest absolute Gasteiger partial charge is 0.124 e. The van der Waals surface area contributed by atoms with Crippen LogP contribution in [0.1, 0.15) is 0 Å². The SMILES string of the molecule is CN1CC(Oc2ccc(-c3c(-c4ccc(O)cc4)sc4cc(O)ccc34)cc2)C1. The monoisotopic (exact) mass is 403 g/mol. The average Bonchev–Trinajstić information content (AvgIpc) is 3.06. The van der Waals surface area contributed by atoms with Gasteiger partial charge >= 0.3 is 0 Å². The second-order valence-electron chi connectivity index (χ2n) is 7.52. The van der Waals surface area contributed by atoms with Gasteiger partial charge in [0, 0.05) is 33.6 Å². The third-order valence-electron chi connectivity index (χ3n) is 5.28. The van der Waals surface area contributed by atoms with Crippen molar-refractivity contribution in [2.24, 2.45) is 0 Å². The number of thiophene rings is 1. The van der Waals surface area contributed by atoms with Crippen molar-refractivity contribution in [3.63, 3.8) is 0 Å². The highest BCUT2D eigenvalue weighted by atomic mass is 32.1. The first-order valence-electron chi connectivity index (χ1n) is 9.57. The molecule has 5 rings (SSSR count). The number of rotatable bonds is 4. The van der Waals surface area contributed by atoms with Gasteiger partial charge in [-0.3, -0.25) is 4.90 Å². The summed E-state index contributed by atoms with van der Waals surface area (Å²) in [7, 11) is 2.09. The molecule has 1 aliphatic rings. The fraction of sp³-hybridized carbons (Fsp3) is 0.167. The lowest BCUT2D eigenvalue weighted by Gasteiger charge is -2.36. The van der Waals surface area contributed by atoms with Gasteiger partial charge < -0.3 is 14.9 Å². The van der Waals surface area contributed by atoms with E-state index in [1.54, 1.807) is 35.6 Å². The normalized spacial score (nSPS) is 14.8. The Hall–Kier alpha value is -3.02. The van der Waals surface area contributed by atoms with Crippen molar-refractivity contribution in [1.82, 2.24) is 4.90 Å². The molecule has 29 heavy (non-hydrogen) atoms. The quantitative estimate of drug-likeness (QED) is 0.483. The summed E-state index contributed by atoms with van der Waals surface area (Å²) in [6, 6.07) is 21.0. The predicted octanol–water partition coefficient (Wildman–Crippen LogP) is 5.34. The van der Waals surface area contributed by atoms with Gasteiger partial charge in [0.25, 0.3) is 0 Å². The van der Waals surface area contributed by atoms with Crippen molar-refractivity contribution in [2.45, 2.75) is 6.10 Å². The van der Waals surface area contributed by atoms with E-state index in [1.807, 2.05) is 30.3 Å². The summed E-state index contributed by atoms with van der Waals surface area (Å²) in [5.41, 5.74) is 3.27. The van der Waals surface area contributed by atoms with Crippen LogP contribution in [0.3, 0.4) is 0 Å². The fourth-order valence-corrected chi connectivity index (χ4v) is 5.06. The maximum atomic E-state index is 9.93. The molecule has 4 aromatic rings. The Labute approximate surface area is 173 Å². The fourth-order valence-electron chi connectivity index (χ4n) is 3.80. The lowest BCUT2D eigenvalue weighted by Crippen LogP contribution is -2.51. The largest absolute Gasteiger partial charge is 0.508 e. The Morgan fingerprint density at radius 2 is 1.52 bits per heavy atom. The third-order valence-corrected chi connectivity index (χ3v) is 6.48. The van der Waals surface area contributed by atoms with Crippen molar-refractivity contribution in [1.29, 1.82) is 0 Å². The first-order valence-corrected chi connectivity index (χ1v) is 10.4. The van der Waals surface area contributed by atoms with E-state index in [0.717, 1.165) is 50.5 Å². The number of fused-ring (bicyclic) bond motifs is 1. The first-order chi connectivity index (χ1) is 14.1. The number of aromatic hydroxyl groups is 2.